The first-order chi connectivity index (χ1) is 5.74. The first-order valence-electron chi connectivity index (χ1n) is 3.28. The molecule has 1 rings (SSSR count). The minimum Gasteiger partial charge on any atom is -0.477 e. The molecule has 0 amide bonds. The van der Waals surface area contributed by atoms with Crippen molar-refractivity contribution in [3.8, 4) is 0 Å². The van der Waals surface area contributed by atoms with E-state index < -0.39 is 5.97 Å². The van der Waals surface area contributed by atoms with E-state index in [1.807, 2.05) is 17.5 Å². The van der Waals surface area contributed by atoms with Crippen LogP contribution in [0.5, 0.6) is 0 Å². The molecule has 1 N–H and O–H groups in total. The van der Waals surface area contributed by atoms with Crippen molar-refractivity contribution in [2.75, 3.05) is 5.33 Å². The lowest BCUT2D eigenvalue weighted by Gasteiger charge is -1.82. The molecule has 4 heteroatoms. The highest BCUT2D eigenvalue weighted by Crippen LogP contribution is 2.15. The molecule has 0 saturated heterocycles. The molecule has 0 aromatic carbocycles. The highest BCUT2D eigenvalue weighted by atomic mass is 79.9. The normalized spacial score (nSPS) is 10.8. The summed E-state index contributed by atoms with van der Waals surface area (Å²) in [5.41, 5.74) is 0.942. The fraction of sp³-hybridized carbons (Fsp3) is 0.125. The van der Waals surface area contributed by atoms with Crippen LogP contribution in [0.25, 0.3) is 6.08 Å². The lowest BCUT2D eigenvalue weighted by atomic mass is 10.3. The van der Waals surface area contributed by atoms with E-state index in [0.717, 1.165) is 10.9 Å². The van der Waals surface area contributed by atoms with Gasteiger partial charge in [-0.15, -0.1) is 11.3 Å². The molecule has 64 valence electrons. The van der Waals surface area contributed by atoms with Gasteiger partial charge in [-0.25, -0.2) is 4.79 Å². The second-order valence-corrected chi connectivity index (χ2v) is 3.66. The standard InChI is InChI=1S/C8H7BrO2S/c9-3-1-2-6-4-7(8(10)11)12-5-6/h1-2,4-5H,3H2,(H,10,11). The molecule has 0 aliphatic carbocycles. The topological polar surface area (TPSA) is 37.3 Å². The van der Waals surface area contributed by atoms with Gasteiger partial charge >= 0.3 is 5.97 Å². The van der Waals surface area contributed by atoms with Crippen LogP contribution in [0.4, 0.5) is 0 Å². The third-order valence-corrected chi connectivity index (χ3v) is 2.54. The van der Waals surface area contributed by atoms with Gasteiger partial charge in [0.2, 0.25) is 0 Å². The number of carboxylic acid groups (broad SMARTS) is 1. The Kier molecular flexibility index (Phi) is 3.49. The summed E-state index contributed by atoms with van der Waals surface area (Å²) in [7, 11) is 0. The van der Waals surface area contributed by atoms with E-state index in [2.05, 4.69) is 15.9 Å². The molecule has 0 atom stereocenters. The Labute approximate surface area is 82.7 Å². The zero-order valence-electron chi connectivity index (χ0n) is 6.16. The van der Waals surface area contributed by atoms with Crippen LogP contribution >= 0.6 is 27.3 Å². The predicted molar refractivity (Wildman–Crippen MR) is 54.1 cm³/mol. The minimum atomic E-state index is -0.863. The minimum absolute atomic E-state index is 0.379. The van der Waals surface area contributed by atoms with Gasteiger partial charge in [-0.05, 0) is 17.0 Å². The van der Waals surface area contributed by atoms with Crippen molar-refractivity contribution < 1.29 is 9.90 Å². The number of allylic oxidation sites excluding steroid dienone is 1. The molecule has 0 bridgehead atoms. The third-order valence-electron chi connectivity index (χ3n) is 1.23. The maximum absolute atomic E-state index is 10.5. The molecule has 0 aliphatic rings. The van der Waals surface area contributed by atoms with Gasteiger partial charge in [-0.1, -0.05) is 28.1 Å². The summed E-state index contributed by atoms with van der Waals surface area (Å²) in [6.45, 7) is 0. The van der Waals surface area contributed by atoms with Gasteiger partial charge in [-0.2, -0.15) is 0 Å². The molecule has 0 unspecified atom stereocenters. The Bertz CT molecular complexity index is 304. The lowest BCUT2D eigenvalue weighted by molar-refractivity contribution is 0.0702. The summed E-state index contributed by atoms with van der Waals surface area (Å²) in [6.07, 6.45) is 3.81. The SMILES string of the molecule is O=C(O)c1cc(C=CCBr)cs1. The summed E-state index contributed by atoms with van der Waals surface area (Å²) >= 11 is 4.48. The Morgan fingerprint density at radius 2 is 2.50 bits per heavy atom. The fourth-order valence-corrected chi connectivity index (χ4v) is 1.63. The number of hydrogen-bond donors (Lipinski definition) is 1. The van der Waals surface area contributed by atoms with E-state index in [0.29, 0.717) is 4.88 Å². The van der Waals surface area contributed by atoms with Gasteiger partial charge in [0.1, 0.15) is 4.88 Å². The van der Waals surface area contributed by atoms with Gasteiger partial charge < -0.3 is 5.11 Å². The van der Waals surface area contributed by atoms with Crippen LogP contribution in [0.15, 0.2) is 17.5 Å². The van der Waals surface area contributed by atoms with Crippen LogP contribution in [0, 0.1) is 0 Å². The van der Waals surface area contributed by atoms with Gasteiger partial charge in [0.15, 0.2) is 0 Å². The summed E-state index contributed by atoms with van der Waals surface area (Å²) < 4.78 is 0. The third kappa shape index (κ3) is 2.46. The number of halogens is 1. The number of rotatable bonds is 3. The van der Waals surface area contributed by atoms with Crippen molar-refractivity contribution in [1.82, 2.24) is 0 Å². The molecule has 0 saturated carbocycles. The Balaban J connectivity index is 2.77. The van der Waals surface area contributed by atoms with E-state index in [9.17, 15) is 4.79 Å². The summed E-state index contributed by atoms with van der Waals surface area (Å²) in [5, 5.41) is 11.2. The van der Waals surface area contributed by atoms with E-state index >= 15 is 0 Å². The van der Waals surface area contributed by atoms with E-state index in [-0.39, 0.29) is 0 Å². The Morgan fingerprint density at radius 3 is 3.00 bits per heavy atom. The fourth-order valence-electron chi connectivity index (χ4n) is 0.731. The van der Waals surface area contributed by atoms with E-state index in [1.165, 1.54) is 11.3 Å². The van der Waals surface area contributed by atoms with Crippen molar-refractivity contribution in [3.63, 3.8) is 0 Å². The van der Waals surface area contributed by atoms with Crippen LogP contribution < -0.4 is 0 Å². The van der Waals surface area contributed by atoms with E-state index in [1.54, 1.807) is 6.07 Å². The van der Waals surface area contributed by atoms with Gasteiger partial charge in [0.05, 0.1) is 0 Å². The molecule has 0 radical (unpaired) electrons. The molecule has 1 aromatic heterocycles. The monoisotopic (exact) mass is 246 g/mol. The quantitative estimate of drug-likeness (QED) is 0.834. The second-order valence-electron chi connectivity index (χ2n) is 2.11. The molecular weight excluding hydrogens is 240 g/mol. The maximum Gasteiger partial charge on any atom is 0.345 e. The first kappa shape index (κ1) is 9.48. The highest BCUT2D eigenvalue weighted by Gasteiger charge is 2.03. The second kappa shape index (κ2) is 4.42. The number of thiophene rings is 1. The average Bonchev–Trinajstić information content (AvgIpc) is 2.48. The predicted octanol–water partition coefficient (Wildman–Crippen LogP) is 2.85. The molecule has 1 heterocycles. The summed E-state index contributed by atoms with van der Waals surface area (Å²) in [5.74, 6) is -0.863. The largest absolute Gasteiger partial charge is 0.477 e. The maximum atomic E-state index is 10.5. The number of hydrogen-bond acceptors (Lipinski definition) is 2. The molecule has 2 nitrogen and oxygen atoms in total. The molecule has 0 spiro atoms. The lowest BCUT2D eigenvalue weighted by Crippen LogP contribution is -1.89. The molecule has 12 heavy (non-hydrogen) atoms. The molecule has 0 fully saturated rings. The van der Waals surface area contributed by atoms with Crippen LogP contribution in [-0.4, -0.2) is 16.4 Å². The summed E-state index contributed by atoms with van der Waals surface area (Å²) in [6, 6.07) is 1.66. The highest BCUT2D eigenvalue weighted by molar-refractivity contribution is 9.09. The molecular formula is C8H7BrO2S. The first-order valence-corrected chi connectivity index (χ1v) is 5.28. The smallest absolute Gasteiger partial charge is 0.345 e. The van der Waals surface area contributed by atoms with Gasteiger partial charge in [0, 0.05) is 5.33 Å². The number of carbonyl (C=O) groups is 1. The van der Waals surface area contributed by atoms with Crippen molar-refractivity contribution in [2.45, 2.75) is 0 Å². The van der Waals surface area contributed by atoms with Crippen LogP contribution in [0.1, 0.15) is 15.2 Å². The zero-order valence-corrected chi connectivity index (χ0v) is 8.56. The number of aromatic carboxylic acids is 1. The van der Waals surface area contributed by atoms with Crippen LogP contribution in [0.2, 0.25) is 0 Å². The van der Waals surface area contributed by atoms with Gasteiger partial charge in [-0.3, -0.25) is 0 Å². The average molecular weight is 247 g/mol. The van der Waals surface area contributed by atoms with Crippen LogP contribution in [-0.2, 0) is 0 Å². The Hall–Kier alpha value is -0.610. The van der Waals surface area contributed by atoms with Gasteiger partial charge in [0.25, 0.3) is 0 Å². The molecule has 0 aliphatic heterocycles. The zero-order chi connectivity index (χ0) is 8.97. The number of carboxylic acids is 1. The van der Waals surface area contributed by atoms with Crippen molar-refractivity contribution in [1.29, 1.82) is 0 Å². The molecule has 1 aromatic rings. The summed E-state index contributed by atoms with van der Waals surface area (Å²) in [4.78, 5) is 10.8. The van der Waals surface area contributed by atoms with Crippen molar-refractivity contribution in [2.24, 2.45) is 0 Å². The number of alkyl halides is 1. The Morgan fingerprint density at radius 1 is 1.75 bits per heavy atom. The van der Waals surface area contributed by atoms with Crippen LogP contribution in [0.3, 0.4) is 0 Å². The van der Waals surface area contributed by atoms with Crippen molar-refractivity contribution in [3.05, 3.63) is 28.0 Å². The van der Waals surface area contributed by atoms with Crippen molar-refractivity contribution >= 4 is 39.3 Å². The van der Waals surface area contributed by atoms with E-state index in [4.69, 9.17) is 5.11 Å².